The fourth-order valence-electron chi connectivity index (χ4n) is 2.30. The van der Waals surface area contributed by atoms with Crippen LogP contribution in [-0.2, 0) is 6.54 Å². The molecule has 2 aromatic rings. The van der Waals surface area contributed by atoms with Crippen LogP contribution in [0.2, 0.25) is 0 Å². The van der Waals surface area contributed by atoms with Crippen LogP contribution in [0.25, 0.3) is 10.9 Å². The minimum atomic E-state index is -0.376. The van der Waals surface area contributed by atoms with Crippen LogP contribution in [-0.4, -0.2) is 28.3 Å². The summed E-state index contributed by atoms with van der Waals surface area (Å²) >= 11 is 0. The lowest BCUT2D eigenvalue weighted by atomic mass is 9.95. The number of aliphatic hydroxyl groups excluding tert-OH is 1. The first-order valence-electron chi connectivity index (χ1n) is 7.30. The summed E-state index contributed by atoms with van der Waals surface area (Å²) in [5, 5.41) is 16.0. The fraction of sp³-hybridized carbons (Fsp3) is 0.438. The van der Waals surface area contributed by atoms with E-state index in [1.807, 2.05) is 44.2 Å². The molecule has 0 radical (unpaired) electrons. The van der Waals surface area contributed by atoms with E-state index in [1.54, 1.807) is 0 Å². The number of H-pyrrole nitrogens is 1. The highest BCUT2D eigenvalue weighted by molar-refractivity contribution is 5.80. The first kappa shape index (κ1) is 15.4. The van der Waals surface area contributed by atoms with Crippen LogP contribution in [0.4, 0.5) is 4.79 Å². The molecule has 114 valence electrons. The van der Waals surface area contributed by atoms with Crippen LogP contribution in [0, 0.1) is 0 Å². The van der Waals surface area contributed by atoms with Gasteiger partial charge in [0.1, 0.15) is 0 Å². The molecule has 5 nitrogen and oxygen atoms in total. The van der Waals surface area contributed by atoms with Crippen molar-refractivity contribution in [3.63, 3.8) is 0 Å². The maximum atomic E-state index is 12.0. The Morgan fingerprint density at radius 1 is 1.38 bits per heavy atom. The molecule has 1 unspecified atom stereocenters. The maximum absolute atomic E-state index is 12.0. The van der Waals surface area contributed by atoms with E-state index in [9.17, 15) is 4.79 Å². The molecule has 0 aliphatic heterocycles. The summed E-state index contributed by atoms with van der Waals surface area (Å²) in [7, 11) is 0. The predicted molar refractivity (Wildman–Crippen MR) is 84.1 cm³/mol. The molecule has 21 heavy (non-hydrogen) atoms. The van der Waals surface area contributed by atoms with Gasteiger partial charge in [-0.25, -0.2) is 4.79 Å². The standard InChI is InChI=1S/C16H23N3O2/c1-3-16(2,8-9-20)19-15(21)17-11-13-10-12-6-4-5-7-14(12)18-13/h4-7,10,18,20H,3,8-9,11H2,1-2H3,(H2,17,19,21). The zero-order valence-corrected chi connectivity index (χ0v) is 12.6. The molecule has 0 saturated heterocycles. The van der Waals surface area contributed by atoms with Gasteiger partial charge in [-0.2, -0.15) is 0 Å². The minimum absolute atomic E-state index is 0.0621. The molecule has 0 fully saturated rings. The number of hydrogen-bond donors (Lipinski definition) is 4. The molecular formula is C16H23N3O2. The highest BCUT2D eigenvalue weighted by Crippen LogP contribution is 2.15. The van der Waals surface area contributed by atoms with E-state index in [2.05, 4.69) is 15.6 Å². The number of fused-ring (bicyclic) bond motifs is 1. The van der Waals surface area contributed by atoms with Crippen molar-refractivity contribution in [3.8, 4) is 0 Å². The van der Waals surface area contributed by atoms with Gasteiger partial charge in [0.25, 0.3) is 0 Å². The number of aliphatic hydroxyl groups is 1. The number of para-hydroxylation sites is 1. The van der Waals surface area contributed by atoms with Gasteiger partial charge in [-0.1, -0.05) is 25.1 Å². The molecule has 0 spiro atoms. The molecular weight excluding hydrogens is 266 g/mol. The zero-order valence-electron chi connectivity index (χ0n) is 12.6. The average molecular weight is 289 g/mol. The summed E-state index contributed by atoms with van der Waals surface area (Å²) in [5.74, 6) is 0. The normalized spacial score (nSPS) is 13.9. The van der Waals surface area contributed by atoms with Crippen molar-refractivity contribution >= 4 is 16.9 Å². The van der Waals surface area contributed by atoms with Crippen molar-refractivity contribution in [3.05, 3.63) is 36.0 Å². The Balaban J connectivity index is 1.91. The van der Waals surface area contributed by atoms with Gasteiger partial charge in [0.2, 0.25) is 0 Å². The number of benzene rings is 1. The summed E-state index contributed by atoms with van der Waals surface area (Å²) in [6.07, 6.45) is 1.32. The number of rotatable bonds is 6. The Labute approximate surface area is 124 Å². The molecule has 1 aromatic carbocycles. The van der Waals surface area contributed by atoms with Gasteiger partial charge in [0.15, 0.2) is 0 Å². The molecule has 5 heteroatoms. The lowest BCUT2D eigenvalue weighted by Gasteiger charge is -2.28. The van der Waals surface area contributed by atoms with E-state index >= 15 is 0 Å². The van der Waals surface area contributed by atoms with Gasteiger partial charge in [-0.15, -0.1) is 0 Å². The largest absolute Gasteiger partial charge is 0.396 e. The third-order valence-corrected chi connectivity index (χ3v) is 3.88. The third kappa shape index (κ3) is 3.98. The van der Waals surface area contributed by atoms with Gasteiger partial charge in [-0.3, -0.25) is 0 Å². The average Bonchev–Trinajstić information content (AvgIpc) is 2.88. The van der Waals surface area contributed by atoms with E-state index in [0.717, 1.165) is 23.0 Å². The van der Waals surface area contributed by atoms with E-state index in [1.165, 1.54) is 0 Å². The molecule has 0 bridgehead atoms. The smallest absolute Gasteiger partial charge is 0.315 e. The second kappa shape index (κ2) is 6.63. The Morgan fingerprint density at radius 3 is 2.81 bits per heavy atom. The Bertz CT molecular complexity index is 575. The van der Waals surface area contributed by atoms with Crippen molar-refractivity contribution in [2.45, 2.75) is 38.8 Å². The summed E-state index contributed by atoms with van der Waals surface area (Å²) in [6.45, 7) is 4.44. The van der Waals surface area contributed by atoms with Gasteiger partial charge in [-0.05, 0) is 37.3 Å². The fourth-order valence-corrected chi connectivity index (χ4v) is 2.30. The highest BCUT2D eigenvalue weighted by atomic mass is 16.3. The molecule has 1 heterocycles. The lowest BCUT2D eigenvalue weighted by Crippen LogP contribution is -2.50. The SMILES string of the molecule is CCC(C)(CCO)NC(=O)NCc1cc2ccccc2[nH]1. The van der Waals surface area contributed by atoms with Crippen LogP contribution in [0.3, 0.4) is 0 Å². The van der Waals surface area contributed by atoms with Crippen molar-refractivity contribution in [1.29, 1.82) is 0 Å². The molecule has 0 aliphatic carbocycles. The zero-order chi connectivity index (χ0) is 15.3. The quantitative estimate of drug-likeness (QED) is 0.659. The number of urea groups is 1. The second-order valence-corrected chi connectivity index (χ2v) is 5.58. The molecule has 2 amide bonds. The van der Waals surface area contributed by atoms with Crippen molar-refractivity contribution in [1.82, 2.24) is 15.6 Å². The van der Waals surface area contributed by atoms with Gasteiger partial charge < -0.3 is 20.7 Å². The van der Waals surface area contributed by atoms with E-state index in [0.29, 0.717) is 13.0 Å². The Hall–Kier alpha value is -2.01. The number of carbonyl (C=O) groups excluding carboxylic acids is 1. The predicted octanol–water partition coefficient (Wildman–Crippen LogP) is 2.52. The minimum Gasteiger partial charge on any atom is -0.396 e. The number of aromatic nitrogens is 1. The first-order chi connectivity index (χ1) is 10.1. The number of carbonyl (C=O) groups is 1. The Kier molecular flexibility index (Phi) is 4.85. The summed E-state index contributed by atoms with van der Waals surface area (Å²) < 4.78 is 0. The molecule has 0 aliphatic rings. The van der Waals surface area contributed by atoms with E-state index < -0.39 is 0 Å². The van der Waals surface area contributed by atoms with Crippen molar-refractivity contribution in [2.24, 2.45) is 0 Å². The van der Waals surface area contributed by atoms with Crippen molar-refractivity contribution in [2.75, 3.05) is 6.61 Å². The van der Waals surface area contributed by atoms with Gasteiger partial charge in [0, 0.05) is 23.4 Å². The van der Waals surface area contributed by atoms with E-state index in [-0.39, 0.29) is 18.2 Å². The van der Waals surface area contributed by atoms with Gasteiger partial charge >= 0.3 is 6.03 Å². The van der Waals surface area contributed by atoms with Crippen LogP contribution < -0.4 is 10.6 Å². The summed E-state index contributed by atoms with van der Waals surface area (Å²) in [4.78, 5) is 15.2. The molecule has 0 saturated carbocycles. The van der Waals surface area contributed by atoms with E-state index in [4.69, 9.17) is 5.11 Å². The maximum Gasteiger partial charge on any atom is 0.315 e. The lowest BCUT2D eigenvalue weighted by molar-refractivity contribution is 0.200. The topological polar surface area (TPSA) is 77.2 Å². The molecule has 1 atom stereocenters. The molecule has 4 N–H and O–H groups in total. The number of amides is 2. The number of hydrogen-bond acceptors (Lipinski definition) is 2. The number of nitrogens with one attached hydrogen (secondary N) is 3. The second-order valence-electron chi connectivity index (χ2n) is 5.58. The molecule has 2 rings (SSSR count). The summed E-state index contributed by atoms with van der Waals surface area (Å²) in [5.41, 5.74) is 1.65. The number of aromatic amines is 1. The first-order valence-corrected chi connectivity index (χ1v) is 7.30. The summed E-state index contributed by atoms with van der Waals surface area (Å²) in [6, 6.07) is 9.82. The van der Waals surface area contributed by atoms with Crippen LogP contribution in [0.1, 0.15) is 32.4 Å². The monoisotopic (exact) mass is 289 g/mol. The third-order valence-electron chi connectivity index (χ3n) is 3.88. The molecule has 1 aromatic heterocycles. The van der Waals surface area contributed by atoms with Gasteiger partial charge in [0.05, 0.1) is 6.54 Å². The Morgan fingerprint density at radius 2 is 2.14 bits per heavy atom. The highest BCUT2D eigenvalue weighted by Gasteiger charge is 2.23. The van der Waals surface area contributed by atoms with Crippen molar-refractivity contribution < 1.29 is 9.90 Å². The van der Waals surface area contributed by atoms with Crippen LogP contribution in [0.5, 0.6) is 0 Å². The van der Waals surface area contributed by atoms with Crippen LogP contribution >= 0.6 is 0 Å². The van der Waals surface area contributed by atoms with Crippen LogP contribution in [0.15, 0.2) is 30.3 Å².